The molecule has 5 nitrogen and oxygen atoms in total. The van der Waals surface area contributed by atoms with Crippen LogP contribution in [0.2, 0.25) is 0 Å². The molecular formula is C11H23O5P. The normalized spacial score (nSPS) is 15.5. The molecule has 2 atom stereocenters. The number of aliphatic carboxylic acids is 1. The molecule has 0 saturated heterocycles. The van der Waals surface area contributed by atoms with Crippen LogP contribution in [0.4, 0.5) is 0 Å². The third-order valence-electron chi connectivity index (χ3n) is 2.49. The minimum atomic E-state index is -3.57. The molecule has 0 aliphatic carbocycles. The Morgan fingerprint density at radius 3 is 2.00 bits per heavy atom. The fourth-order valence-corrected chi connectivity index (χ4v) is 4.02. The summed E-state index contributed by atoms with van der Waals surface area (Å²) in [4.78, 5) is 11.3. The summed E-state index contributed by atoms with van der Waals surface area (Å²) in [5.41, 5.74) is -1.08. The zero-order valence-electron chi connectivity index (χ0n) is 11.0. The molecule has 0 aromatic rings. The van der Waals surface area contributed by atoms with Crippen LogP contribution in [0.5, 0.6) is 0 Å². The molecule has 1 N–H and O–H groups in total. The second-order valence-corrected chi connectivity index (χ2v) is 6.08. The van der Waals surface area contributed by atoms with E-state index in [1.807, 2.05) is 6.92 Å². The standard InChI is InChI=1S/C11H23O5P/c1-5-8-9(4)10(11(12)13)17(14,15-6-2)16-7-3/h9-10H,5-8H2,1-4H3,(H,12,13). The summed E-state index contributed by atoms with van der Waals surface area (Å²) in [6.45, 7) is 7.44. The summed E-state index contributed by atoms with van der Waals surface area (Å²) in [5.74, 6) is -1.35. The van der Waals surface area contributed by atoms with E-state index >= 15 is 0 Å². The van der Waals surface area contributed by atoms with Crippen molar-refractivity contribution in [1.82, 2.24) is 0 Å². The zero-order valence-corrected chi connectivity index (χ0v) is 11.9. The molecular weight excluding hydrogens is 243 g/mol. The van der Waals surface area contributed by atoms with Crippen molar-refractivity contribution in [3.05, 3.63) is 0 Å². The molecule has 6 heteroatoms. The molecule has 0 aliphatic rings. The van der Waals surface area contributed by atoms with E-state index < -0.39 is 19.2 Å². The monoisotopic (exact) mass is 266 g/mol. The SMILES string of the molecule is CCCC(C)C(C(=O)O)P(=O)(OCC)OCC. The van der Waals surface area contributed by atoms with Gasteiger partial charge >= 0.3 is 13.6 Å². The highest BCUT2D eigenvalue weighted by atomic mass is 31.2. The van der Waals surface area contributed by atoms with E-state index in [9.17, 15) is 14.5 Å². The van der Waals surface area contributed by atoms with E-state index in [0.717, 1.165) is 6.42 Å². The maximum absolute atomic E-state index is 12.4. The minimum absolute atomic E-state index is 0.180. The van der Waals surface area contributed by atoms with Gasteiger partial charge in [-0.15, -0.1) is 0 Å². The highest BCUT2D eigenvalue weighted by Gasteiger charge is 2.44. The number of hydrogen-bond donors (Lipinski definition) is 1. The predicted molar refractivity (Wildman–Crippen MR) is 66.4 cm³/mol. The van der Waals surface area contributed by atoms with Crippen LogP contribution in [0.25, 0.3) is 0 Å². The first kappa shape index (κ1) is 16.6. The third kappa shape index (κ3) is 4.78. The van der Waals surface area contributed by atoms with Gasteiger partial charge in [0.15, 0.2) is 5.66 Å². The number of rotatable bonds is 9. The van der Waals surface area contributed by atoms with Crippen molar-refractivity contribution >= 4 is 13.6 Å². The maximum Gasteiger partial charge on any atom is 0.345 e. The lowest BCUT2D eigenvalue weighted by Gasteiger charge is -2.27. The Bertz CT molecular complexity index is 269. The Hall–Kier alpha value is -0.380. The molecule has 0 aliphatic heterocycles. The lowest BCUT2D eigenvalue weighted by Crippen LogP contribution is -2.30. The number of hydrogen-bond acceptors (Lipinski definition) is 4. The average molecular weight is 266 g/mol. The van der Waals surface area contributed by atoms with Gasteiger partial charge in [0, 0.05) is 0 Å². The summed E-state index contributed by atoms with van der Waals surface area (Å²) < 4.78 is 22.7. The van der Waals surface area contributed by atoms with Gasteiger partial charge in [0.2, 0.25) is 0 Å². The number of carboxylic acids is 1. The van der Waals surface area contributed by atoms with Gasteiger partial charge in [0.1, 0.15) is 0 Å². The van der Waals surface area contributed by atoms with Crippen LogP contribution in [-0.2, 0) is 18.4 Å². The molecule has 102 valence electrons. The average Bonchev–Trinajstić information content (AvgIpc) is 2.17. The molecule has 0 heterocycles. The summed E-state index contributed by atoms with van der Waals surface area (Å²) in [5, 5.41) is 9.23. The van der Waals surface area contributed by atoms with E-state index in [1.165, 1.54) is 0 Å². The summed E-state index contributed by atoms with van der Waals surface area (Å²) >= 11 is 0. The van der Waals surface area contributed by atoms with Gasteiger partial charge in [-0.3, -0.25) is 9.36 Å². The Kier molecular flexibility index (Phi) is 7.68. The van der Waals surface area contributed by atoms with Crippen LogP contribution in [0.3, 0.4) is 0 Å². The van der Waals surface area contributed by atoms with Crippen LogP contribution >= 0.6 is 7.60 Å². The van der Waals surface area contributed by atoms with E-state index in [4.69, 9.17) is 9.05 Å². The van der Waals surface area contributed by atoms with Crippen molar-refractivity contribution in [2.24, 2.45) is 5.92 Å². The highest BCUT2D eigenvalue weighted by molar-refractivity contribution is 7.55. The summed E-state index contributed by atoms with van der Waals surface area (Å²) in [7, 11) is -3.57. The van der Waals surface area contributed by atoms with Gasteiger partial charge in [0.05, 0.1) is 13.2 Å². The van der Waals surface area contributed by atoms with E-state index in [0.29, 0.717) is 6.42 Å². The minimum Gasteiger partial charge on any atom is -0.481 e. The Morgan fingerprint density at radius 2 is 1.71 bits per heavy atom. The molecule has 0 spiro atoms. The Morgan fingerprint density at radius 1 is 1.24 bits per heavy atom. The van der Waals surface area contributed by atoms with Gasteiger partial charge in [0.25, 0.3) is 0 Å². The van der Waals surface area contributed by atoms with Crippen molar-refractivity contribution < 1.29 is 23.5 Å². The zero-order chi connectivity index (χ0) is 13.5. The molecule has 0 rings (SSSR count). The molecule has 2 unspecified atom stereocenters. The van der Waals surface area contributed by atoms with Crippen LogP contribution < -0.4 is 0 Å². The van der Waals surface area contributed by atoms with E-state index in [1.54, 1.807) is 20.8 Å². The lowest BCUT2D eigenvalue weighted by atomic mass is 10.0. The largest absolute Gasteiger partial charge is 0.481 e. The van der Waals surface area contributed by atoms with Gasteiger partial charge in [-0.05, 0) is 26.2 Å². The van der Waals surface area contributed by atoms with Crippen LogP contribution in [0.1, 0.15) is 40.5 Å². The van der Waals surface area contributed by atoms with Crippen LogP contribution in [0, 0.1) is 5.92 Å². The Labute approximate surface area is 103 Å². The topological polar surface area (TPSA) is 72.8 Å². The van der Waals surface area contributed by atoms with Crippen molar-refractivity contribution in [3.8, 4) is 0 Å². The van der Waals surface area contributed by atoms with Crippen molar-refractivity contribution in [1.29, 1.82) is 0 Å². The molecule has 17 heavy (non-hydrogen) atoms. The third-order valence-corrected chi connectivity index (χ3v) is 5.14. The second-order valence-electron chi connectivity index (χ2n) is 3.92. The van der Waals surface area contributed by atoms with Crippen molar-refractivity contribution in [2.75, 3.05) is 13.2 Å². The molecule has 0 fully saturated rings. The summed E-state index contributed by atoms with van der Waals surface area (Å²) in [6.07, 6.45) is 1.52. The smallest absolute Gasteiger partial charge is 0.345 e. The highest BCUT2D eigenvalue weighted by Crippen LogP contribution is 2.56. The van der Waals surface area contributed by atoms with Crippen molar-refractivity contribution in [2.45, 2.75) is 46.2 Å². The predicted octanol–water partition coefficient (Wildman–Crippen LogP) is 3.14. The van der Waals surface area contributed by atoms with Gasteiger partial charge in [-0.25, -0.2) is 0 Å². The van der Waals surface area contributed by atoms with Crippen LogP contribution in [0.15, 0.2) is 0 Å². The first-order valence-corrected chi connectivity index (χ1v) is 7.65. The second kappa shape index (κ2) is 7.85. The van der Waals surface area contributed by atoms with Gasteiger partial charge < -0.3 is 14.2 Å². The maximum atomic E-state index is 12.4. The number of carboxylic acid groups (broad SMARTS) is 1. The molecule has 0 aromatic heterocycles. The van der Waals surface area contributed by atoms with Crippen LogP contribution in [-0.4, -0.2) is 29.9 Å². The van der Waals surface area contributed by atoms with Gasteiger partial charge in [-0.1, -0.05) is 20.3 Å². The molecule has 0 radical (unpaired) electrons. The summed E-state index contributed by atoms with van der Waals surface area (Å²) in [6, 6.07) is 0. The van der Waals surface area contributed by atoms with E-state index in [-0.39, 0.29) is 19.1 Å². The fraction of sp³-hybridized carbons (Fsp3) is 0.909. The van der Waals surface area contributed by atoms with Crippen molar-refractivity contribution in [3.63, 3.8) is 0 Å². The first-order chi connectivity index (χ1) is 7.92. The molecule has 0 bridgehead atoms. The fourth-order valence-electron chi connectivity index (χ4n) is 1.86. The first-order valence-electron chi connectivity index (χ1n) is 6.04. The molecule has 0 amide bonds. The van der Waals surface area contributed by atoms with Gasteiger partial charge in [-0.2, -0.15) is 0 Å². The molecule has 0 aromatic carbocycles. The lowest BCUT2D eigenvalue weighted by molar-refractivity contribution is -0.138. The molecule has 0 saturated carbocycles. The quantitative estimate of drug-likeness (QED) is 0.649. The van der Waals surface area contributed by atoms with E-state index in [2.05, 4.69) is 0 Å². The number of carbonyl (C=O) groups is 1. The Balaban J connectivity index is 5.09.